The fourth-order valence-electron chi connectivity index (χ4n) is 2.27. The Morgan fingerprint density at radius 2 is 2.00 bits per heavy atom. The van der Waals surface area contributed by atoms with Gasteiger partial charge in [0.25, 0.3) is 0 Å². The lowest BCUT2D eigenvalue weighted by atomic mass is 10.0. The molecule has 3 nitrogen and oxygen atoms in total. The number of ketones is 1. The number of fused-ring (bicyclic) bond motifs is 1. The molecule has 0 radical (unpaired) electrons. The standard InChI is InChI=1S/C16H14BrNO2/c17-12-6-4-11(5-7-12)10-15(19)13-2-1-3-14-16(13)20-9-8-18-14/h1-7,18H,8-10H2. The van der Waals surface area contributed by atoms with Crippen LogP contribution in [0.15, 0.2) is 46.9 Å². The molecule has 0 saturated heterocycles. The van der Waals surface area contributed by atoms with Gasteiger partial charge in [-0.15, -0.1) is 0 Å². The van der Waals surface area contributed by atoms with Crippen LogP contribution >= 0.6 is 15.9 Å². The predicted octanol–water partition coefficient (Wildman–Crippen LogP) is 3.68. The van der Waals surface area contributed by atoms with Crippen LogP contribution in [0, 0.1) is 0 Å². The van der Waals surface area contributed by atoms with Crippen LogP contribution in [0.1, 0.15) is 15.9 Å². The topological polar surface area (TPSA) is 38.3 Å². The van der Waals surface area contributed by atoms with E-state index in [-0.39, 0.29) is 5.78 Å². The van der Waals surface area contributed by atoms with E-state index in [2.05, 4.69) is 21.2 Å². The Balaban J connectivity index is 1.85. The van der Waals surface area contributed by atoms with Gasteiger partial charge in [-0.25, -0.2) is 0 Å². The number of carbonyl (C=O) groups is 1. The number of anilines is 1. The summed E-state index contributed by atoms with van der Waals surface area (Å²) < 4.78 is 6.65. The van der Waals surface area contributed by atoms with Crippen LogP contribution in [0.2, 0.25) is 0 Å². The van der Waals surface area contributed by atoms with Gasteiger partial charge < -0.3 is 10.1 Å². The molecule has 3 rings (SSSR count). The molecule has 1 heterocycles. The highest BCUT2D eigenvalue weighted by Gasteiger charge is 2.18. The van der Waals surface area contributed by atoms with Crippen LogP contribution in [-0.2, 0) is 6.42 Å². The fraction of sp³-hybridized carbons (Fsp3) is 0.188. The van der Waals surface area contributed by atoms with E-state index in [1.807, 2.05) is 42.5 Å². The first-order valence-electron chi connectivity index (χ1n) is 6.51. The van der Waals surface area contributed by atoms with Crippen molar-refractivity contribution in [1.82, 2.24) is 0 Å². The molecule has 0 aromatic heterocycles. The summed E-state index contributed by atoms with van der Waals surface area (Å²) in [5.74, 6) is 0.758. The molecule has 2 aromatic rings. The van der Waals surface area contributed by atoms with E-state index in [4.69, 9.17) is 4.74 Å². The molecule has 0 bridgehead atoms. The number of para-hydroxylation sites is 1. The van der Waals surface area contributed by atoms with Gasteiger partial charge in [0.1, 0.15) is 6.61 Å². The van der Waals surface area contributed by atoms with E-state index in [0.29, 0.717) is 24.3 Å². The summed E-state index contributed by atoms with van der Waals surface area (Å²) in [6.07, 6.45) is 0.382. The number of Topliss-reactive ketones (excluding diaryl/α,β-unsaturated/α-hetero) is 1. The molecule has 4 heteroatoms. The third kappa shape index (κ3) is 2.70. The van der Waals surface area contributed by atoms with Crippen LogP contribution in [-0.4, -0.2) is 18.9 Å². The Kier molecular flexibility index (Phi) is 3.74. The average molecular weight is 332 g/mol. The first-order chi connectivity index (χ1) is 9.74. The summed E-state index contributed by atoms with van der Waals surface area (Å²) in [6.45, 7) is 1.37. The van der Waals surface area contributed by atoms with E-state index in [0.717, 1.165) is 22.3 Å². The van der Waals surface area contributed by atoms with E-state index in [1.165, 1.54) is 0 Å². The number of rotatable bonds is 3. The quantitative estimate of drug-likeness (QED) is 0.872. The van der Waals surface area contributed by atoms with Crippen molar-refractivity contribution in [3.63, 3.8) is 0 Å². The number of benzene rings is 2. The number of hydrogen-bond acceptors (Lipinski definition) is 3. The molecule has 1 aliphatic heterocycles. The summed E-state index contributed by atoms with van der Waals surface area (Å²) in [6, 6.07) is 13.4. The van der Waals surface area contributed by atoms with Gasteiger partial charge in [-0.2, -0.15) is 0 Å². The molecular weight excluding hydrogens is 318 g/mol. The van der Waals surface area contributed by atoms with Gasteiger partial charge in [-0.1, -0.05) is 34.1 Å². The van der Waals surface area contributed by atoms with Crippen LogP contribution in [0.3, 0.4) is 0 Å². The minimum atomic E-state index is 0.0767. The van der Waals surface area contributed by atoms with E-state index < -0.39 is 0 Å². The third-order valence-corrected chi connectivity index (χ3v) is 3.79. The smallest absolute Gasteiger partial charge is 0.171 e. The van der Waals surface area contributed by atoms with Crippen molar-refractivity contribution < 1.29 is 9.53 Å². The van der Waals surface area contributed by atoms with Crippen molar-refractivity contribution in [3.8, 4) is 5.75 Å². The first-order valence-corrected chi connectivity index (χ1v) is 7.30. The van der Waals surface area contributed by atoms with Crippen molar-refractivity contribution >= 4 is 27.4 Å². The largest absolute Gasteiger partial charge is 0.489 e. The van der Waals surface area contributed by atoms with Gasteiger partial charge >= 0.3 is 0 Å². The molecular formula is C16H14BrNO2. The van der Waals surface area contributed by atoms with Crippen LogP contribution in [0.4, 0.5) is 5.69 Å². The Morgan fingerprint density at radius 3 is 2.80 bits per heavy atom. The molecule has 1 aliphatic rings. The Morgan fingerprint density at radius 1 is 1.20 bits per heavy atom. The minimum absolute atomic E-state index is 0.0767. The van der Waals surface area contributed by atoms with Crippen molar-refractivity contribution in [2.24, 2.45) is 0 Å². The van der Waals surface area contributed by atoms with Gasteiger partial charge in [0.15, 0.2) is 11.5 Å². The second-order valence-electron chi connectivity index (χ2n) is 4.68. The van der Waals surface area contributed by atoms with Crippen LogP contribution < -0.4 is 10.1 Å². The molecule has 0 atom stereocenters. The maximum atomic E-state index is 12.5. The van der Waals surface area contributed by atoms with E-state index in [9.17, 15) is 4.79 Å². The third-order valence-electron chi connectivity index (χ3n) is 3.26. The maximum Gasteiger partial charge on any atom is 0.171 e. The Labute approximate surface area is 126 Å². The predicted molar refractivity (Wildman–Crippen MR) is 82.6 cm³/mol. The molecule has 0 saturated carbocycles. The highest BCUT2D eigenvalue weighted by atomic mass is 79.9. The normalized spacial score (nSPS) is 13.1. The lowest BCUT2D eigenvalue weighted by Gasteiger charge is -2.21. The second kappa shape index (κ2) is 5.67. The highest BCUT2D eigenvalue weighted by molar-refractivity contribution is 9.10. The number of halogens is 1. The molecule has 0 aliphatic carbocycles. The Bertz CT molecular complexity index is 637. The molecule has 0 spiro atoms. The van der Waals surface area contributed by atoms with Gasteiger partial charge in [0, 0.05) is 17.4 Å². The summed E-state index contributed by atoms with van der Waals surface area (Å²) in [5, 5.41) is 3.25. The van der Waals surface area contributed by atoms with Crippen molar-refractivity contribution in [3.05, 3.63) is 58.1 Å². The zero-order chi connectivity index (χ0) is 13.9. The van der Waals surface area contributed by atoms with E-state index in [1.54, 1.807) is 0 Å². The highest BCUT2D eigenvalue weighted by Crippen LogP contribution is 2.32. The number of hydrogen-bond donors (Lipinski definition) is 1. The molecule has 0 amide bonds. The number of nitrogens with one attached hydrogen (secondary N) is 1. The minimum Gasteiger partial charge on any atom is -0.489 e. The average Bonchev–Trinajstić information content (AvgIpc) is 2.49. The summed E-state index contributed by atoms with van der Waals surface area (Å²) in [4.78, 5) is 12.5. The Hall–Kier alpha value is -1.81. The SMILES string of the molecule is O=C(Cc1ccc(Br)cc1)c1cccc2c1OCCN2. The molecule has 1 N–H and O–H groups in total. The summed E-state index contributed by atoms with van der Waals surface area (Å²) in [5.41, 5.74) is 2.55. The van der Waals surface area contributed by atoms with Gasteiger partial charge in [-0.3, -0.25) is 4.79 Å². The fourth-order valence-corrected chi connectivity index (χ4v) is 2.54. The second-order valence-corrected chi connectivity index (χ2v) is 5.60. The number of carbonyl (C=O) groups excluding carboxylic acids is 1. The molecule has 2 aromatic carbocycles. The van der Waals surface area contributed by atoms with Crippen molar-refractivity contribution in [2.45, 2.75) is 6.42 Å². The van der Waals surface area contributed by atoms with Gasteiger partial charge in [0.2, 0.25) is 0 Å². The zero-order valence-corrected chi connectivity index (χ0v) is 12.4. The van der Waals surface area contributed by atoms with Crippen LogP contribution in [0.25, 0.3) is 0 Å². The van der Waals surface area contributed by atoms with Gasteiger partial charge in [0.05, 0.1) is 11.3 Å². The van der Waals surface area contributed by atoms with Crippen molar-refractivity contribution in [2.75, 3.05) is 18.5 Å². The molecule has 20 heavy (non-hydrogen) atoms. The monoisotopic (exact) mass is 331 g/mol. The molecule has 0 fully saturated rings. The first kappa shape index (κ1) is 13.2. The number of ether oxygens (including phenoxy) is 1. The zero-order valence-electron chi connectivity index (χ0n) is 10.9. The van der Waals surface area contributed by atoms with Crippen LogP contribution in [0.5, 0.6) is 5.75 Å². The lowest BCUT2D eigenvalue weighted by molar-refractivity contribution is 0.0989. The van der Waals surface area contributed by atoms with E-state index >= 15 is 0 Å². The summed E-state index contributed by atoms with van der Waals surface area (Å²) in [7, 11) is 0. The maximum absolute atomic E-state index is 12.5. The lowest BCUT2D eigenvalue weighted by Crippen LogP contribution is -2.20. The molecule has 0 unspecified atom stereocenters. The molecule has 102 valence electrons. The van der Waals surface area contributed by atoms with Gasteiger partial charge in [-0.05, 0) is 29.8 Å². The summed E-state index contributed by atoms with van der Waals surface area (Å²) >= 11 is 3.39. The van der Waals surface area contributed by atoms with Crippen molar-refractivity contribution in [1.29, 1.82) is 0 Å².